The molecule has 0 amide bonds. The van der Waals surface area contributed by atoms with E-state index in [9.17, 15) is 8.42 Å². The highest BCUT2D eigenvalue weighted by atomic mass is 32.2. The first kappa shape index (κ1) is 16.5. The van der Waals surface area contributed by atoms with Crippen molar-refractivity contribution >= 4 is 10.0 Å². The Bertz CT molecular complexity index is 540. The first-order valence-corrected chi connectivity index (χ1v) is 9.31. The van der Waals surface area contributed by atoms with Crippen molar-refractivity contribution in [2.75, 3.05) is 7.05 Å². The molecule has 0 heterocycles. The average Bonchev–Trinajstić information content (AvgIpc) is 2.48. The zero-order chi connectivity index (χ0) is 15.3. The molecule has 5 heteroatoms. The molecule has 2 rings (SSSR count). The highest BCUT2D eigenvalue weighted by molar-refractivity contribution is 7.89. The maximum Gasteiger partial charge on any atom is 0.240 e. The van der Waals surface area contributed by atoms with Crippen LogP contribution in [0.4, 0.5) is 0 Å². The molecule has 1 aromatic carbocycles. The Balaban J connectivity index is 2.10. The van der Waals surface area contributed by atoms with Crippen LogP contribution < -0.4 is 10.0 Å². The van der Waals surface area contributed by atoms with Gasteiger partial charge in [0.05, 0.1) is 4.90 Å². The molecule has 0 aromatic heterocycles. The van der Waals surface area contributed by atoms with Crippen LogP contribution in [0, 0.1) is 5.92 Å². The second kappa shape index (κ2) is 7.38. The molecule has 118 valence electrons. The summed E-state index contributed by atoms with van der Waals surface area (Å²) >= 11 is 0. The van der Waals surface area contributed by atoms with Crippen molar-refractivity contribution in [3.8, 4) is 0 Å². The molecule has 4 nitrogen and oxygen atoms in total. The number of hydrogen-bond acceptors (Lipinski definition) is 3. The van der Waals surface area contributed by atoms with Gasteiger partial charge in [0.1, 0.15) is 0 Å². The van der Waals surface area contributed by atoms with Gasteiger partial charge in [0, 0.05) is 12.6 Å². The summed E-state index contributed by atoms with van der Waals surface area (Å²) in [6.45, 7) is 2.89. The van der Waals surface area contributed by atoms with Gasteiger partial charge in [-0.05, 0) is 43.5 Å². The van der Waals surface area contributed by atoms with E-state index in [1.807, 2.05) is 19.2 Å². The van der Waals surface area contributed by atoms with Crippen LogP contribution in [-0.4, -0.2) is 21.5 Å². The molecule has 0 radical (unpaired) electrons. The summed E-state index contributed by atoms with van der Waals surface area (Å²) in [5.41, 5.74) is 1.08. The van der Waals surface area contributed by atoms with Crippen molar-refractivity contribution in [1.29, 1.82) is 0 Å². The van der Waals surface area contributed by atoms with Crippen LogP contribution in [0.15, 0.2) is 29.2 Å². The van der Waals surface area contributed by atoms with Gasteiger partial charge in [-0.2, -0.15) is 0 Å². The summed E-state index contributed by atoms with van der Waals surface area (Å²) in [4.78, 5) is 0.364. The van der Waals surface area contributed by atoms with Gasteiger partial charge in [-0.3, -0.25) is 0 Å². The third kappa shape index (κ3) is 4.28. The summed E-state index contributed by atoms with van der Waals surface area (Å²) in [7, 11) is -1.53. The van der Waals surface area contributed by atoms with Crippen molar-refractivity contribution in [3.63, 3.8) is 0 Å². The summed E-state index contributed by atoms with van der Waals surface area (Å²) in [6.07, 6.45) is 5.45. The molecule has 2 unspecified atom stereocenters. The third-order valence-corrected chi connectivity index (χ3v) is 5.86. The normalized spacial score (nSPS) is 23.1. The number of hydrogen-bond donors (Lipinski definition) is 2. The van der Waals surface area contributed by atoms with Gasteiger partial charge < -0.3 is 5.32 Å². The van der Waals surface area contributed by atoms with E-state index in [-0.39, 0.29) is 6.04 Å². The van der Waals surface area contributed by atoms with E-state index in [1.54, 1.807) is 12.1 Å². The minimum Gasteiger partial charge on any atom is -0.316 e. The Kier molecular flexibility index (Phi) is 5.79. The van der Waals surface area contributed by atoms with Crippen molar-refractivity contribution in [2.24, 2.45) is 5.92 Å². The highest BCUT2D eigenvalue weighted by Crippen LogP contribution is 2.28. The van der Waals surface area contributed by atoms with E-state index in [1.165, 1.54) is 6.42 Å². The first-order chi connectivity index (χ1) is 10.1. The maximum absolute atomic E-state index is 12.5. The van der Waals surface area contributed by atoms with Crippen LogP contribution in [-0.2, 0) is 16.6 Å². The van der Waals surface area contributed by atoms with Crippen LogP contribution in [0.25, 0.3) is 0 Å². The van der Waals surface area contributed by atoms with Crippen LogP contribution in [0.5, 0.6) is 0 Å². The van der Waals surface area contributed by atoms with Gasteiger partial charge in [0.15, 0.2) is 0 Å². The summed E-state index contributed by atoms with van der Waals surface area (Å²) in [6, 6.07) is 7.20. The Morgan fingerprint density at radius 2 is 1.81 bits per heavy atom. The predicted molar refractivity (Wildman–Crippen MR) is 85.6 cm³/mol. The van der Waals surface area contributed by atoms with Crippen molar-refractivity contribution in [1.82, 2.24) is 10.0 Å². The average molecular weight is 310 g/mol. The summed E-state index contributed by atoms with van der Waals surface area (Å²) in [5, 5.41) is 3.06. The predicted octanol–water partition coefficient (Wildman–Crippen LogP) is 2.65. The Morgan fingerprint density at radius 1 is 1.14 bits per heavy atom. The van der Waals surface area contributed by atoms with Gasteiger partial charge in [0.25, 0.3) is 0 Å². The van der Waals surface area contributed by atoms with Crippen LogP contribution >= 0.6 is 0 Å². The van der Waals surface area contributed by atoms with Crippen molar-refractivity contribution in [3.05, 3.63) is 29.8 Å². The minimum atomic E-state index is -3.41. The zero-order valence-corrected chi connectivity index (χ0v) is 13.7. The molecule has 1 fully saturated rings. The lowest BCUT2D eigenvalue weighted by atomic mass is 9.83. The topological polar surface area (TPSA) is 58.2 Å². The van der Waals surface area contributed by atoms with E-state index in [0.29, 0.717) is 10.8 Å². The van der Waals surface area contributed by atoms with E-state index >= 15 is 0 Å². The largest absolute Gasteiger partial charge is 0.316 e. The second-order valence-electron chi connectivity index (χ2n) is 5.85. The lowest BCUT2D eigenvalue weighted by molar-refractivity contribution is 0.282. The van der Waals surface area contributed by atoms with Gasteiger partial charge in [-0.25, -0.2) is 13.1 Å². The monoisotopic (exact) mass is 310 g/mol. The van der Waals surface area contributed by atoms with E-state index in [4.69, 9.17) is 0 Å². The van der Waals surface area contributed by atoms with E-state index in [2.05, 4.69) is 17.0 Å². The Morgan fingerprint density at radius 3 is 2.43 bits per heavy atom. The first-order valence-electron chi connectivity index (χ1n) is 7.82. The van der Waals surface area contributed by atoms with Crippen molar-refractivity contribution < 1.29 is 8.42 Å². The molecular formula is C16H26N2O2S. The van der Waals surface area contributed by atoms with Crippen molar-refractivity contribution in [2.45, 2.75) is 56.5 Å². The molecule has 1 aliphatic carbocycles. The SMILES string of the molecule is CCC1CCCCC1NS(=O)(=O)c1ccc(CNC)cc1. The molecule has 1 aromatic rings. The smallest absolute Gasteiger partial charge is 0.240 e. The van der Waals surface area contributed by atoms with Crippen LogP contribution in [0.1, 0.15) is 44.6 Å². The third-order valence-electron chi connectivity index (χ3n) is 4.35. The number of nitrogens with one attached hydrogen (secondary N) is 2. The maximum atomic E-state index is 12.5. The lowest BCUT2D eigenvalue weighted by Gasteiger charge is -2.31. The highest BCUT2D eigenvalue weighted by Gasteiger charge is 2.28. The summed E-state index contributed by atoms with van der Waals surface area (Å²) in [5.74, 6) is 0.470. The van der Waals surface area contributed by atoms with Crippen LogP contribution in [0.3, 0.4) is 0 Å². The number of sulfonamides is 1. The molecule has 0 spiro atoms. The lowest BCUT2D eigenvalue weighted by Crippen LogP contribution is -2.41. The van der Waals surface area contributed by atoms with Crippen LogP contribution in [0.2, 0.25) is 0 Å². The van der Waals surface area contributed by atoms with E-state index in [0.717, 1.165) is 37.8 Å². The molecule has 0 saturated heterocycles. The standard InChI is InChI=1S/C16H26N2O2S/c1-3-14-6-4-5-7-16(14)18-21(19,20)15-10-8-13(9-11-15)12-17-2/h8-11,14,16-18H,3-7,12H2,1-2H3. The molecule has 1 saturated carbocycles. The van der Waals surface area contributed by atoms with Gasteiger partial charge in [0.2, 0.25) is 10.0 Å². The fraction of sp³-hybridized carbons (Fsp3) is 0.625. The molecule has 21 heavy (non-hydrogen) atoms. The Hall–Kier alpha value is -0.910. The number of rotatable bonds is 6. The van der Waals surface area contributed by atoms with Gasteiger partial charge in [-0.1, -0.05) is 38.3 Å². The second-order valence-corrected chi connectivity index (χ2v) is 7.57. The molecule has 2 N–H and O–H groups in total. The molecular weight excluding hydrogens is 284 g/mol. The quantitative estimate of drug-likeness (QED) is 0.849. The van der Waals surface area contributed by atoms with E-state index < -0.39 is 10.0 Å². The zero-order valence-electron chi connectivity index (χ0n) is 12.9. The molecule has 0 aliphatic heterocycles. The fourth-order valence-corrected chi connectivity index (χ4v) is 4.45. The molecule has 0 bridgehead atoms. The fourth-order valence-electron chi connectivity index (χ4n) is 3.11. The molecule has 1 aliphatic rings. The molecule has 2 atom stereocenters. The number of benzene rings is 1. The van der Waals surface area contributed by atoms with Gasteiger partial charge in [-0.15, -0.1) is 0 Å². The van der Waals surface area contributed by atoms with Gasteiger partial charge >= 0.3 is 0 Å². The summed E-state index contributed by atoms with van der Waals surface area (Å²) < 4.78 is 27.9. The Labute approximate surface area is 128 Å². The minimum absolute atomic E-state index is 0.0886.